The topological polar surface area (TPSA) is 46.2 Å². The van der Waals surface area contributed by atoms with E-state index in [0.29, 0.717) is 0 Å². The van der Waals surface area contributed by atoms with Gasteiger partial charge in [-0.15, -0.1) is 12.4 Å². The van der Waals surface area contributed by atoms with Crippen LogP contribution in [0.15, 0.2) is 48.5 Å². The summed E-state index contributed by atoms with van der Waals surface area (Å²) >= 11 is 0. The highest BCUT2D eigenvalue weighted by Gasteiger charge is 2.09. The van der Waals surface area contributed by atoms with Crippen LogP contribution >= 0.6 is 12.4 Å². The summed E-state index contributed by atoms with van der Waals surface area (Å²) in [6, 6.07) is 15.5. The van der Waals surface area contributed by atoms with Gasteiger partial charge in [0.25, 0.3) is 0 Å². The predicted molar refractivity (Wildman–Crippen MR) is 77.2 cm³/mol. The van der Waals surface area contributed by atoms with Crippen molar-refractivity contribution >= 4 is 12.4 Å². The maximum Gasteiger partial charge on any atom is 0.115 e. The normalized spacial score (nSPS) is 11.7. The molecule has 18 heavy (non-hydrogen) atoms. The fourth-order valence-electron chi connectivity index (χ4n) is 2.05. The van der Waals surface area contributed by atoms with Crippen LogP contribution in [0.25, 0.3) is 0 Å². The summed E-state index contributed by atoms with van der Waals surface area (Å²) < 4.78 is 0. The van der Waals surface area contributed by atoms with Gasteiger partial charge in [-0.25, -0.2) is 0 Å². The molecule has 3 N–H and O–H groups in total. The minimum Gasteiger partial charge on any atom is -0.508 e. The standard InChI is InChI=1S/C15H17NO.ClH/c1-11-9-13(17)7-8-14(11)15(16)10-12-5-3-2-4-6-12;/h2-9,15,17H,10,16H2,1H3;1H. The predicted octanol–water partition coefficient (Wildman–Crippen LogP) is 3.36. The second-order valence-corrected chi connectivity index (χ2v) is 4.34. The second-order valence-electron chi connectivity index (χ2n) is 4.34. The molecule has 3 heteroatoms. The van der Waals surface area contributed by atoms with Gasteiger partial charge in [0, 0.05) is 6.04 Å². The Morgan fingerprint density at radius 3 is 2.39 bits per heavy atom. The maximum atomic E-state index is 9.37. The van der Waals surface area contributed by atoms with Crippen LogP contribution in [0.4, 0.5) is 0 Å². The fraction of sp³-hybridized carbons (Fsp3) is 0.200. The van der Waals surface area contributed by atoms with Crippen molar-refractivity contribution < 1.29 is 5.11 Å². The first-order chi connectivity index (χ1) is 8.16. The molecule has 0 heterocycles. The summed E-state index contributed by atoms with van der Waals surface area (Å²) in [7, 11) is 0. The molecule has 0 bridgehead atoms. The Balaban J connectivity index is 0.00000162. The van der Waals surface area contributed by atoms with Crippen molar-refractivity contribution in [3.8, 4) is 5.75 Å². The fourth-order valence-corrected chi connectivity index (χ4v) is 2.05. The number of aromatic hydroxyl groups is 1. The molecule has 0 aliphatic rings. The Morgan fingerprint density at radius 1 is 1.11 bits per heavy atom. The van der Waals surface area contributed by atoms with Crippen LogP contribution in [0.2, 0.25) is 0 Å². The molecular weight excluding hydrogens is 246 g/mol. The lowest BCUT2D eigenvalue weighted by Gasteiger charge is -2.15. The van der Waals surface area contributed by atoms with E-state index in [1.54, 1.807) is 12.1 Å². The minimum absolute atomic E-state index is 0. The number of hydrogen-bond donors (Lipinski definition) is 2. The molecule has 0 radical (unpaired) electrons. The number of benzene rings is 2. The number of hydrogen-bond acceptors (Lipinski definition) is 2. The van der Waals surface area contributed by atoms with Crippen molar-refractivity contribution in [1.82, 2.24) is 0 Å². The average Bonchev–Trinajstić information content (AvgIpc) is 2.30. The summed E-state index contributed by atoms with van der Waals surface area (Å²) in [4.78, 5) is 0. The maximum absolute atomic E-state index is 9.37. The molecule has 0 spiro atoms. The van der Waals surface area contributed by atoms with Crippen molar-refractivity contribution in [2.24, 2.45) is 5.73 Å². The van der Waals surface area contributed by atoms with Crippen LogP contribution in [0.5, 0.6) is 5.75 Å². The Kier molecular flexibility index (Phi) is 5.20. The zero-order valence-electron chi connectivity index (χ0n) is 10.3. The van der Waals surface area contributed by atoms with Crippen molar-refractivity contribution in [2.75, 3.05) is 0 Å². The summed E-state index contributed by atoms with van der Waals surface area (Å²) in [5.74, 6) is 0.290. The van der Waals surface area contributed by atoms with E-state index in [9.17, 15) is 5.11 Å². The van der Waals surface area contributed by atoms with Gasteiger partial charge in [-0.3, -0.25) is 0 Å². The molecule has 0 saturated carbocycles. The third-order valence-corrected chi connectivity index (χ3v) is 2.95. The van der Waals surface area contributed by atoms with Crippen LogP contribution in [0.1, 0.15) is 22.7 Å². The molecule has 2 aromatic carbocycles. The molecule has 2 nitrogen and oxygen atoms in total. The summed E-state index contributed by atoms with van der Waals surface area (Å²) in [6.07, 6.45) is 0.812. The second kappa shape index (κ2) is 6.43. The SMILES string of the molecule is Cc1cc(O)ccc1C(N)Cc1ccccc1.Cl. The van der Waals surface area contributed by atoms with Gasteiger partial charge in [0.2, 0.25) is 0 Å². The van der Waals surface area contributed by atoms with Crippen LogP contribution < -0.4 is 5.73 Å². The number of halogens is 1. The molecule has 2 aromatic rings. The quantitative estimate of drug-likeness (QED) is 0.892. The summed E-state index contributed by atoms with van der Waals surface area (Å²) in [5, 5.41) is 9.37. The lowest BCUT2D eigenvalue weighted by atomic mass is 9.96. The number of aryl methyl sites for hydroxylation is 1. The van der Waals surface area contributed by atoms with E-state index in [1.165, 1.54) is 5.56 Å². The van der Waals surface area contributed by atoms with Crippen LogP contribution in [-0.2, 0) is 6.42 Å². The Hall–Kier alpha value is -1.51. The Bertz CT molecular complexity index is 499. The molecule has 0 aromatic heterocycles. The highest BCUT2D eigenvalue weighted by molar-refractivity contribution is 5.85. The lowest BCUT2D eigenvalue weighted by molar-refractivity contribution is 0.474. The zero-order chi connectivity index (χ0) is 12.3. The number of rotatable bonds is 3. The van der Waals surface area contributed by atoms with Gasteiger partial charge >= 0.3 is 0 Å². The first kappa shape index (κ1) is 14.6. The molecular formula is C15H18ClNO. The zero-order valence-corrected chi connectivity index (χ0v) is 11.2. The van der Waals surface area contributed by atoms with Gasteiger partial charge in [-0.2, -0.15) is 0 Å². The van der Waals surface area contributed by atoms with Gasteiger partial charge < -0.3 is 10.8 Å². The summed E-state index contributed by atoms with van der Waals surface area (Å²) in [6.45, 7) is 1.97. The number of phenols is 1. The van der Waals surface area contributed by atoms with E-state index in [0.717, 1.165) is 17.5 Å². The van der Waals surface area contributed by atoms with Crippen LogP contribution in [0, 0.1) is 6.92 Å². The van der Waals surface area contributed by atoms with E-state index in [2.05, 4.69) is 12.1 Å². The van der Waals surface area contributed by atoms with Crippen molar-refractivity contribution in [1.29, 1.82) is 0 Å². The third-order valence-electron chi connectivity index (χ3n) is 2.95. The lowest BCUT2D eigenvalue weighted by Crippen LogP contribution is -2.14. The highest BCUT2D eigenvalue weighted by Crippen LogP contribution is 2.22. The molecule has 1 atom stereocenters. The van der Waals surface area contributed by atoms with Crippen molar-refractivity contribution in [3.05, 3.63) is 65.2 Å². The molecule has 0 aliphatic carbocycles. The molecule has 0 fully saturated rings. The van der Waals surface area contributed by atoms with E-state index >= 15 is 0 Å². The monoisotopic (exact) mass is 263 g/mol. The van der Waals surface area contributed by atoms with E-state index in [4.69, 9.17) is 5.73 Å². The first-order valence-corrected chi connectivity index (χ1v) is 5.76. The molecule has 0 saturated heterocycles. The highest BCUT2D eigenvalue weighted by atomic mass is 35.5. The smallest absolute Gasteiger partial charge is 0.115 e. The third kappa shape index (κ3) is 3.49. The Morgan fingerprint density at radius 2 is 1.78 bits per heavy atom. The Labute approximate surface area is 114 Å². The molecule has 0 amide bonds. The molecule has 1 unspecified atom stereocenters. The molecule has 2 rings (SSSR count). The van der Waals surface area contributed by atoms with E-state index < -0.39 is 0 Å². The first-order valence-electron chi connectivity index (χ1n) is 5.76. The van der Waals surface area contributed by atoms with E-state index in [1.807, 2.05) is 31.2 Å². The van der Waals surface area contributed by atoms with Gasteiger partial charge in [0.1, 0.15) is 5.75 Å². The van der Waals surface area contributed by atoms with Crippen LogP contribution in [-0.4, -0.2) is 5.11 Å². The van der Waals surface area contributed by atoms with E-state index in [-0.39, 0.29) is 24.2 Å². The molecule has 0 aliphatic heterocycles. The van der Waals surface area contributed by atoms with Gasteiger partial charge in [-0.1, -0.05) is 36.4 Å². The van der Waals surface area contributed by atoms with Crippen LogP contribution in [0.3, 0.4) is 0 Å². The van der Waals surface area contributed by atoms with Gasteiger partial charge in [0.05, 0.1) is 0 Å². The van der Waals surface area contributed by atoms with Crippen molar-refractivity contribution in [3.63, 3.8) is 0 Å². The largest absolute Gasteiger partial charge is 0.508 e. The average molecular weight is 264 g/mol. The minimum atomic E-state index is -0.0296. The summed E-state index contributed by atoms with van der Waals surface area (Å²) in [5.41, 5.74) is 9.55. The number of nitrogens with two attached hydrogens (primary N) is 1. The van der Waals surface area contributed by atoms with Crippen molar-refractivity contribution in [2.45, 2.75) is 19.4 Å². The van der Waals surface area contributed by atoms with Gasteiger partial charge in [-0.05, 0) is 42.2 Å². The molecule has 96 valence electrons. The number of phenolic OH excluding ortho intramolecular Hbond substituents is 1. The van der Waals surface area contributed by atoms with Gasteiger partial charge in [0.15, 0.2) is 0 Å².